The van der Waals surface area contributed by atoms with Gasteiger partial charge < -0.3 is 9.64 Å². The Kier molecular flexibility index (Phi) is 7.60. The largest absolute Gasteiger partial charge is 0.573 e. The van der Waals surface area contributed by atoms with Crippen LogP contribution in [-0.4, -0.2) is 74.6 Å². The number of ether oxygens (including phenoxy) is 1. The molecule has 180 valence electrons. The molecule has 0 N–H and O–H groups in total. The summed E-state index contributed by atoms with van der Waals surface area (Å²) >= 11 is 0. The molecule has 3 rings (SSSR count). The number of nitrogens with zero attached hydrogens (tertiary/aromatic N) is 3. The number of carbonyl (C=O) groups excluding carboxylic acids is 1. The minimum absolute atomic E-state index is 0.0249. The summed E-state index contributed by atoms with van der Waals surface area (Å²) in [7, 11) is -2.20. The maximum absolute atomic E-state index is 13.1. The van der Waals surface area contributed by atoms with Crippen molar-refractivity contribution in [3.8, 4) is 5.75 Å². The van der Waals surface area contributed by atoms with Gasteiger partial charge in [-0.1, -0.05) is 18.2 Å². The topological polar surface area (TPSA) is 70.2 Å². The van der Waals surface area contributed by atoms with Crippen LogP contribution in [0, 0.1) is 5.82 Å². The number of sulfonamides is 1. The van der Waals surface area contributed by atoms with Gasteiger partial charge in [0.15, 0.2) is 0 Å². The van der Waals surface area contributed by atoms with Crippen LogP contribution in [0.1, 0.15) is 5.56 Å². The second-order valence-electron chi connectivity index (χ2n) is 7.57. The molecule has 1 aliphatic rings. The predicted octanol–water partition coefficient (Wildman–Crippen LogP) is 2.69. The molecule has 0 spiro atoms. The third-order valence-electron chi connectivity index (χ3n) is 5.09. The average molecular weight is 489 g/mol. The van der Waals surface area contributed by atoms with Gasteiger partial charge in [0.2, 0.25) is 15.9 Å². The van der Waals surface area contributed by atoms with E-state index in [4.69, 9.17) is 0 Å². The fourth-order valence-electron chi connectivity index (χ4n) is 3.47. The van der Waals surface area contributed by atoms with Gasteiger partial charge in [-0.3, -0.25) is 9.69 Å². The third kappa shape index (κ3) is 6.65. The van der Waals surface area contributed by atoms with E-state index >= 15 is 0 Å². The first-order chi connectivity index (χ1) is 15.5. The molecule has 0 radical (unpaired) electrons. The summed E-state index contributed by atoms with van der Waals surface area (Å²) in [6.45, 7) is 0.485. The van der Waals surface area contributed by atoms with E-state index in [9.17, 15) is 30.8 Å². The maximum Gasteiger partial charge on any atom is 0.573 e. The zero-order chi connectivity index (χ0) is 24.2. The standard InChI is InChI=1S/C21H23F4N3O4S/c1-26(14-16-4-2-3-5-19(16)32-21(23,24)25)15-20(29)27-10-12-28(13-11-27)33(30,31)18-8-6-17(22)7-9-18/h2-9H,10-15H2,1H3. The summed E-state index contributed by atoms with van der Waals surface area (Å²) in [5, 5.41) is 0. The minimum Gasteiger partial charge on any atom is -0.405 e. The van der Waals surface area contributed by atoms with Crippen molar-refractivity contribution in [2.75, 3.05) is 39.8 Å². The Morgan fingerprint density at radius 1 is 1.03 bits per heavy atom. The van der Waals surface area contributed by atoms with Crippen LogP contribution in [0.3, 0.4) is 0 Å². The number of amides is 1. The fraction of sp³-hybridized carbons (Fsp3) is 0.381. The molecular weight excluding hydrogens is 466 g/mol. The highest BCUT2D eigenvalue weighted by Crippen LogP contribution is 2.27. The van der Waals surface area contributed by atoms with Gasteiger partial charge in [-0.2, -0.15) is 4.31 Å². The second-order valence-corrected chi connectivity index (χ2v) is 9.50. The molecule has 2 aromatic rings. The lowest BCUT2D eigenvalue weighted by molar-refractivity contribution is -0.275. The first-order valence-corrected chi connectivity index (χ1v) is 11.5. The van der Waals surface area contributed by atoms with Crippen LogP contribution in [0.15, 0.2) is 53.4 Å². The highest BCUT2D eigenvalue weighted by Gasteiger charge is 2.33. The Bertz CT molecular complexity index is 1070. The lowest BCUT2D eigenvalue weighted by Gasteiger charge is -2.34. The summed E-state index contributed by atoms with van der Waals surface area (Å²) in [4.78, 5) is 15.7. The van der Waals surface area contributed by atoms with Crippen molar-refractivity contribution in [1.82, 2.24) is 14.1 Å². The smallest absolute Gasteiger partial charge is 0.405 e. The zero-order valence-corrected chi connectivity index (χ0v) is 18.6. The molecule has 1 amide bonds. The van der Waals surface area contributed by atoms with Crippen LogP contribution < -0.4 is 4.74 Å². The Balaban J connectivity index is 1.55. The van der Waals surface area contributed by atoms with Gasteiger partial charge in [-0.15, -0.1) is 13.2 Å². The van der Waals surface area contributed by atoms with Gasteiger partial charge in [0.1, 0.15) is 11.6 Å². The van der Waals surface area contributed by atoms with Gasteiger partial charge in [0.05, 0.1) is 11.4 Å². The molecule has 1 saturated heterocycles. The normalized spacial score (nSPS) is 15.6. The predicted molar refractivity (Wildman–Crippen MR) is 111 cm³/mol. The number of piperazine rings is 1. The number of rotatable bonds is 7. The van der Waals surface area contributed by atoms with E-state index in [1.54, 1.807) is 18.0 Å². The molecule has 1 fully saturated rings. The van der Waals surface area contributed by atoms with Crippen molar-refractivity contribution in [1.29, 1.82) is 0 Å². The Morgan fingerprint density at radius 2 is 1.64 bits per heavy atom. The second kappa shape index (κ2) is 10.1. The molecule has 0 atom stereocenters. The number of para-hydroxylation sites is 1. The number of likely N-dealkylation sites (N-methyl/N-ethyl adjacent to an activating group) is 1. The van der Waals surface area contributed by atoms with Crippen LogP contribution in [0.4, 0.5) is 17.6 Å². The van der Waals surface area contributed by atoms with Gasteiger partial charge in [0.25, 0.3) is 0 Å². The molecule has 0 unspecified atom stereocenters. The van der Waals surface area contributed by atoms with E-state index in [1.165, 1.54) is 39.5 Å². The van der Waals surface area contributed by atoms with Crippen LogP contribution >= 0.6 is 0 Å². The van der Waals surface area contributed by atoms with Crippen molar-refractivity contribution >= 4 is 15.9 Å². The van der Waals surface area contributed by atoms with E-state index in [1.807, 2.05) is 0 Å². The Hall–Kier alpha value is -2.70. The molecule has 33 heavy (non-hydrogen) atoms. The van der Waals surface area contributed by atoms with E-state index in [0.29, 0.717) is 0 Å². The minimum atomic E-state index is -4.82. The van der Waals surface area contributed by atoms with Crippen molar-refractivity contribution < 1.29 is 35.5 Å². The highest BCUT2D eigenvalue weighted by molar-refractivity contribution is 7.89. The van der Waals surface area contributed by atoms with Gasteiger partial charge >= 0.3 is 6.36 Å². The van der Waals surface area contributed by atoms with E-state index < -0.39 is 22.2 Å². The zero-order valence-electron chi connectivity index (χ0n) is 17.8. The fourth-order valence-corrected chi connectivity index (χ4v) is 4.89. The number of halogens is 4. The van der Waals surface area contributed by atoms with Gasteiger partial charge in [-0.05, 0) is 37.4 Å². The molecule has 0 aromatic heterocycles. The molecular formula is C21H23F4N3O4S. The molecule has 2 aromatic carbocycles. The molecule has 0 bridgehead atoms. The number of benzene rings is 2. The SMILES string of the molecule is CN(CC(=O)N1CCN(S(=O)(=O)c2ccc(F)cc2)CC1)Cc1ccccc1OC(F)(F)F. The van der Waals surface area contributed by atoms with Crippen molar-refractivity contribution in [2.45, 2.75) is 17.8 Å². The van der Waals surface area contributed by atoms with Crippen LogP contribution in [0.2, 0.25) is 0 Å². The van der Waals surface area contributed by atoms with Crippen LogP contribution in [-0.2, 0) is 21.4 Å². The number of carbonyl (C=O) groups is 1. The monoisotopic (exact) mass is 489 g/mol. The summed E-state index contributed by atoms with van der Waals surface area (Å²) in [6, 6.07) is 10.2. The molecule has 1 aliphatic heterocycles. The first kappa shape index (κ1) is 24.9. The van der Waals surface area contributed by atoms with E-state index in [0.717, 1.165) is 12.1 Å². The summed E-state index contributed by atoms with van der Waals surface area (Å²) in [5.41, 5.74) is 0.278. The molecule has 7 nitrogen and oxygen atoms in total. The summed E-state index contributed by atoms with van der Waals surface area (Å²) in [6.07, 6.45) is -4.82. The van der Waals surface area contributed by atoms with E-state index in [-0.39, 0.29) is 61.4 Å². The number of hydrogen-bond donors (Lipinski definition) is 0. The third-order valence-corrected chi connectivity index (χ3v) is 7.00. The van der Waals surface area contributed by atoms with E-state index in [2.05, 4.69) is 4.74 Å². The quantitative estimate of drug-likeness (QED) is 0.560. The maximum atomic E-state index is 13.1. The molecule has 1 heterocycles. The van der Waals surface area contributed by atoms with Crippen LogP contribution in [0.5, 0.6) is 5.75 Å². The average Bonchev–Trinajstić information content (AvgIpc) is 2.74. The van der Waals surface area contributed by atoms with Gasteiger partial charge in [-0.25, -0.2) is 12.8 Å². The highest BCUT2D eigenvalue weighted by atomic mass is 32.2. The van der Waals surface area contributed by atoms with Gasteiger partial charge in [0, 0.05) is 38.3 Å². The first-order valence-electron chi connectivity index (χ1n) is 10.0. The number of hydrogen-bond acceptors (Lipinski definition) is 5. The van der Waals surface area contributed by atoms with Crippen molar-refractivity contribution in [2.24, 2.45) is 0 Å². The van der Waals surface area contributed by atoms with Crippen molar-refractivity contribution in [3.05, 3.63) is 59.9 Å². The molecule has 0 saturated carbocycles. The summed E-state index contributed by atoms with van der Waals surface area (Å²) < 4.78 is 81.5. The Labute approximate surface area is 189 Å². The Morgan fingerprint density at radius 3 is 2.24 bits per heavy atom. The lowest BCUT2D eigenvalue weighted by atomic mass is 10.2. The number of alkyl halides is 3. The summed E-state index contributed by atoms with van der Waals surface area (Å²) in [5.74, 6) is -1.14. The van der Waals surface area contributed by atoms with Crippen molar-refractivity contribution in [3.63, 3.8) is 0 Å². The molecule has 0 aliphatic carbocycles. The lowest BCUT2D eigenvalue weighted by Crippen LogP contribution is -2.52. The van der Waals surface area contributed by atoms with Crippen LogP contribution in [0.25, 0.3) is 0 Å². The molecule has 12 heteroatoms.